The Kier molecular flexibility index (Phi) is 5.08. The molecule has 1 aromatic heterocycles. The van der Waals surface area contributed by atoms with Crippen LogP contribution in [0.25, 0.3) is 0 Å². The van der Waals surface area contributed by atoms with Gasteiger partial charge in [0.1, 0.15) is 5.69 Å². The van der Waals surface area contributed by atoms with E-state index in [2.05, 4.69) is 10.4 Å². The highest BCUT2D eigenvalue weighted by molar-refractivity contribution is 5.59. The predicted octanol–water partition coefficient (Wildman–Crippen LogP) is 1.83. The number of hydrogen-bond donors (Lipinski definition) is 2. The van der Waals surface area contributed by atoms with E-state index in [1.165, 1.54) is 0 Å². The van der Waals surface area contributed by atoms with Crippen molar-refractivity contribution < 1.29 is 4.92 Å². The summed E-state index contributed by atoms with van der Waals surface area (Å²) >= 11 is 0. The highest BCUT2D eigenvalue weighted by atomic mass is 16.6. The molecule has 1 heterocycles. The third-order valence-electron chi connectivity index (χ3n) is 2.65. The lowest BCUT2D eigenvalue weighted by molar-refractivity contribution is -0.384. The molecule has 1 aromatic rings. The molecule has 0 bridgehead atoms. The fraction of sp³-hybridized carbons (Fsp3) is 0.727. The van der Waals surface area contributed by atoms with Gasteiger partial charge in [-0.15, -0.1) is 0 Å². The van der Waals surface area contributed by atoms with Crippen molar-refractivity contribution in [3.63, 3.8) is 0 Å². The van der Waals surface area contributed by atoms with Crippen LogP contribution in [0.2, 0.25) is 0 Å². The number of rotatable bonds is 7. The average Bonchev–Trinajstić information content (AvgIpc) is 2.62. The van der Waals surface area contributed by atoms with Crippen molar-refractivity contribution in [3.05, 3.63) is 15.8 Å². The molecular formula is C11H21N5O2. The van der Waals surface area contributed by atoms with Gasteiger partial charge < -0.3 is 11.1 Å². The maximum Gasteiger partial charge on any atom is 0.333 e. The first-order valence-electron chi connectivity index (χ1n) is 6.16. The molecule has 0 fully saturated rings. The van der Waals surface area contributed by atoms with E-state index in [0.717, 1.165) is 12.8 Å². The van der Waals surface area contributed by atoms with Crippen molar-refractivity contribution in [1.82, 2.24) is 9.78 Å². The fourth-order valence-corrected chi connectivity index (χ4v) is 1.77. The monoisotopic (exact) mass is 255 g/mol. The zero-order chi connectivity index (χ0) is 13.7. The lowest BCUT2D eigenvalue weighted by Gasteiger charge is -2.11. The highest BCUT2D eigenvalue weighted by Crippen LogP contribution is 2.30. The van der Waals surface area contributed by atoms with Gasteiger partial charge in [-0.3, -0.25) is 10.1 Å². The van der Waals surface area contributed by atoms with Crippen molar-refractivity contribution in [2.75, 3.05) is 18.4 Å². The Hall–Kier alpha value is -1.63. The van der Waals surface area contributed by atoms with Crippen LogP contribution in [0.1, 0.15) is 38.4 Å². The number of unbranched alkanes of at least 4 members (excludes halogenated alkanes) is 1. The number of hydrogen-bond acceptors (Lipinski definition) is 5. The molecule has 3 N–H and O–H groups in total. The number of aryl methyl sites for hydroxylation is 1. The summed E-state index contributed by atoms with van der Waals surface area (Å²) in [6.45, 7) is 6.84. The molecule has 0 aliphatic rings. The Labute approximate surface area is 107 Å². The zero-order valence-corrected chi connectivity index (χ0v) is 11.1. The zero-order valence-electron chi connectivity index (χ0n) is 11.1. The molecule has 0 saturated heterocycles. The van der Waals surface area contributed by atoms with Crippen molar-refractivity contribution >= 4 is 11.5 Å². The average molecular weight is 255 g/mol. The van der Waals surface area contributed by atoms with Crippen molar-refractivity contribution in [3.8, 4) is 0 Å². The molecular weight excluding hydrogens is 234 g/mol. The molecule has 0 spiro atoms. The van der Waals surface area contributed by atoms with Crippen LogP contribution in [0.4, 0.5) is 11.5 Å². The largest absolute Gasteiger partial charge is 0.365 e. The molecule has 7 nitrogen and oxygen atoms in total. The van der Waals surface area contributed by atoms with Gasteiger partial charge in [0.15, 0.2) is 0 Å². The molecule has 0 unspecified atom stereocenters. The van der Waals surface area contributed by atoms with E-state index in [4.69, 9.17) is 5.73 Å². The molecule has 1 rings (SSSR count). The molecule has 0 amide bonds. The molecule has 0 atom stereocenters. The summed E-state index contributed by atoms with van der Waals surface area (Å²) in [6, 6.07) is 0.0782. The van der Waals surface area contributed by atoms with Crippen LogP contribution in [-0.4, -0.2) is 27.8 Å². The van der Waals surface area contributed by atoms with E-state index in [1.807, 2.05) is 13.8 Å². The molecule has 0 aliphatic heterocycles. The smallest absolute Gasteiger partial charge is 0.333 e. The van der Waals surface area contributed by atoms with Crippen LogP contribution >= 0.6 is 0 Å². The van der Waals surface area contributed by atoms with Crippen molar-refractivity contribution in [2.24, 2.45) is 5.73 Å². The fourth-order valence-electron chi connectivity index (χ4n) is 1.77. The normalized spacial score (nSPS) is 10.9. The van der Waals surface area contributed by atoms with E-state index >= 15 is 0 Å². The number of nitrogens with zero attached hydrogens (tertiary/aromatic N) is 3. The van der Waals surface area contributed by atoms with E-state index in [0.29, 0.717) is 24.6 Å². The van der Waals surface area contributed by atoms with Crippen LogP contribution in [0.15, 0.2) is 0 Å². The number of nitrogens with one attached hydrogen (secondary N) is 1. The van der Waals surface area contributed by atoms with Gasteiger partial charge in [0.2, 0.25) is 5.82 Å². The molecule has 7 heteroatoms. The Morgan fingerprint density at radius 3 is 2.67 bits per heavy atom. The second kappa shape index (κ2) is 6.34. The van der Waals surface area contributed by atoms with Gasteiger partial charge in [0, 0.05) is 12.6 Å². The van der Waals surface area contributed by atoms with Crippen molar-refractivity contribution in [2.45, 2.75) is 39.7 Å². The molecule has 18 heavy (non-hydrogen) atoms. The Bertz CT molecular complexity index is 414. The van der Waals surface area contributed by atoms with Gasteiger partial charge >= 0.3 is 5.69 Å². The lowest BCUT2D eigenvalue weighted by atomic mass is 10.3. The molecule has 0 radical (unpaired) electrons. The minimum Gasteiger partial charge on any atom is -0.365 e. The van der Waals surface area contributed by atoms with Crippen LogP contribution in [0.5, 0.6) is 0 Å². The van der Waals surface area contributed by atoms with Gasteiger partial charge in [0.25, 0.3) is 0 Å². The molecule has 0 aromatic carbocycles. The highest BCUT2D eigenvalue weighted by Gasteiger charge is 2.25. The van der Waals surface area contributed by atoms with Crippen LogP contribution in [-0.2, 0) is 0 Å². The predicted molar refractivity (Wildman–Crippen MR) is 70.8 cm³/mol. The van der Waals surface area contributed by atoms with E-state index < -0.39 is 0 Å². The van der Waals surface area contributed by atoms with Crippen LogP contribution in [0, 0.1) is 17.0 Å². The minimum atomic E-state index is -0.382. The molecule has 0 aliphatic carbocycles. The summed E-state index contributed by atoms with van der Waals surface area (Å²) in [5, 5.41) is 18.4. The Morgan fingerprint density at radius 1 is 1.50 bits per heavy atom. The van der Waals surface area contributed by atoms with Gasteiger partial charge in [0.05, 0.1) is 4.92 Å². The number of anilines is 1. The Morgan fingerprint density at radius 2 is 2.17 bits per heavy atom. The number of nitrogens with two attached hydrogens (primary N) is 1. The molecule has 0 saturated carbocycles. The standard InChI is InChI=1S/C11H21N5O2/c1-8(2)15-11(13-7-5-4-6-12)10(16(17)18)9(3)14-15/h8,13H,4-7,12H2,1-3H3. The lowest BCUT2D eigenvalue weighted by Crippen LogP contribution is -2.13. The first-order valence-corrected chi connectivity index (χ1v) is 6.16. The third-order valence-corrected chi connectivity index (χ3v) is 2.65. The third kappa shape index (κ3) is 3.19. The van der Waals surface area contributed by atoms with Crippen LogP contribution < -0.4 is 11.1 Å². The summed E-state index contributed by atoms with van der Waals surface area (Å²) in [4.78, 5) is 10.7. The van der Waals surface area contributed by atoms with E-state index in [-0.39, 0.29) is 16.7 Å². The second-order valence-electron chi connectivity index (χ2n) is 4.50. The first kappa shape index (κ1) is 14.4. The van der Waals surface area contributed by atoms with Gasteiger partial charge in [-0.25, -0.2) is 4.68 Å². The summed E-state index contributed by atoms with van der Waals surface area (Å²) in [5.74, 6) is 0.490. The number of aromatic nitrogens is 2. The summed E-state index contributed by atoms with van der Waals surface area (Å²) in [7, 11) is 0. The van der Waals surface area contributed by atoms with Gasteiger partial charge in [-0.2, -0.15) is 5.10 Å². The van der Waals surface area contributed by atoms with Gasteiger partial charge in [-0.05, 0) is 40.2 Å². The topological polar surface area (TPSA) is 99.0 Å². The summed E-state index contributed by atoms with van der Waals surface area (Å²) < 4.78 is 1.66. The minimum absolute atomic E-state index is 0.0662. The SMILES string of the molecule is Cc1nn(C(C)C)c(NCCCCN)c1[N+](=O)[O-]. The van der Waals surface area contributed by atoms with E-state index in [1.54, 1.807) is 11.6 Å². The maximum atomic E-state index is 11.1. The maximum absolute atomic E-state index is 11.1. The molecule has 102 valence electrons. The van der Waals surface area contributed by atoms with E-state index in [9.17, 15) is 10.1 Å². The Balaban J connectivity index is 2.93. The second-order valence-corrected chi connectivity index (χ2v) is 4.50. The summed E-state index contributed by atoms with van der Waals surface area (Å²) in [6.07, 6.45) is 1.78. The number of nitro groups is 1. The van der Waals surface area contributed by atoms with Crippen molar-refractivity contribution in [1.29, 1.82) is 0 Å². The quantitative estimate of drug-likeness (QED) is 0.440. The van der Waals surface area contributed by atoms with Gasteiger partial charge in [-0.1, -0.05) is 0 Å². The van der Waals surface area contributed by atoms with Crippen LogP contribution in [0.3, 0.4) is 0 Å². The summed E-state index contributed by atoms with van der Waals surface area (Å²) in [5.41, 5.74) is 5.92. The first-order chi connectivity index (χ1) is 8.49.